The van der Waals surface area contributed by atoms with E-state index in [4.69, 9.17) is 25.0 Å². The zero-order valence-corrected chi connectivity index (χ0v) is 21.5. The molecule has 5 atom stereocenters. The predicted molar refractivity (Wildman–Crippen MR) is 128 cm³/mol. The van der Waals surface area contributed by atoms with Crippen LogP contribution in [0.1, 0.15) is 40.3 Å². The van der Waals surface area contributed by atoms with E-state index in [0.717, 1.165) is 11.8 Å². The third-order valence-corrected chi connectivity index (χ3v) is 8.14. The fourth-order valence-electron chi connectivity index (χ4n) is 3.35. The van der Waals surface area contributed by atoms with Crippen molar-refractivity contribution in [2.75, 3.05) is 24.7 Å². The van der Waals surface area contributed by atoms with Crippen molar-refractivity contribution in [3.05, 3.63) is 16.7 Å². The fourth-order valence-corrected chi connectivity index (χ4v) is 5.13. The molecule has 0 aliphatic carbocycles. The first kappa shape index (κ1) is 27.7. The number of fused-ring (bicyclic) bond motifs is 1. The maximum Gasteiger partial charge on any atom is 0.402 e. The van der Waals surface area contributed by atoms with Crippen LogP contribution in [0.15, 0.2) is 11.1 Å². The molecular formula is C19H31N6O8PS. The van der Waals surface area contributed by atoms with Crippen molar-refractivity contribution < 1.29 is 33.4 Å². The van der Waals surface area contributed by atoms with Gasteiger partial charge in [-0.1, -0.05) is 32.5 Å². The van der Waals surface area contributed by atoms with E-state index >= 15 is 0 Å². The molecule has 0 amide bonds. The van der Waals surface area contributed by atoms with Crippen molar-refractivity contribution in [2.45, 2.75) is 58.2 Å². The first-order valence-electron chi connectivity index (χ1n) is 10.8. The van der Waals surface area contributed by atoms with Crippen molar-refractivity contribution in [1.82, 2.24) is 19.5 Å². The van der Waals surface area contributed by atoms with Gasteiger partial charge in [0, 0.05) is 11.2 Å². The Morgan fingerprint density at radius 2 is 2.14 bits per heavy atom. The molecule has 3 heterocycles. The summed E-state index contributed by atoms with van der Waals surface area (Å²) < 4.78 is 29.8. The van der Waals surface area contributed by atoms with Crippen molar-refractivity contribution in [1.29, 1.82) is 0 Å². The number of aliphatic hydroxyl groups is 2. The van der Waals surface area contributed by atoms with E-state index in [1.165, 1.54) is 17.8 Å². The molecule has 0 spiro atoms. The number of nitrogens with one attached hydrogen (secondary N) is 1. The molecule has 1 saturated heterocycles. The number of thioether (sulfide) groups is 1. The van der Waals surface area contributed by atoms with Crippen LogP contribution in [0.2, 0.25) is 0 Å². The van der Waals surface area contributed by atoms with Gasteiger partial charge >= 0.3 is 7.75 Å². The van der Waals surface area contributed by atoms with Gasteiger partial charge in [-0.2, -0.15) is 4.98 Å². The topological polar surface area (TPSA) is 218 Å². The molecule has 2 aromatic rings. The van der Waals surface area contributed by atoms with E-state index in [1.807, 2.05) is 20.8 Å². The maximum atomic E-state index is 12.5. The van der Waals surface area contributed by atoms with Gasteiger partial charge in [0.15, 0.2) is 22.5 Å². The molecule has 0 radical (unpaired) electrons. The number of imidazole rings is 1. The number of carbonyl (C=O) groups is 1. The van der Waals surface area contributed by atoms with Crippen molar-refractivity contribution in [3.8, 4) is 0 Å². The van der Waals surface area contributed by atoms with Gasteiger partial charge in [0.2, 0.25) is 5.95 Å². The summed E-state index contributed by atoms with van der Waals surface area (Å²) in [5, 5.41) is 21.5. The van der Waals surface area contributed by atoms with E-state index in [2.05, 4.69) is 15.0 Å². The molecular weight excluding hydrogens is 503 g/mol. The smallest absolute Gasteiger partial charge is 0.387 e. The molecule has 35 heavy (non-hydrogen) atoms. The van der Waals surface area contributed by atoms with Gasteiger partial charge in [-0.15, -0.1) is 0 Å². The lowest BCUT2D eigenvalue weighted by Crippen LogP contribution is -2.44. The molecule has 2 unspecified atom stereocenters. The molecule has 0 aromatic carbocycles. The van der Waals surface area contributed by atoms with Crippen LogP contribution in [0.5, 0.6) is 0 Å². The van der Waals surface area contributed by atoms with Crippen LogP contribution in [0.25, 0.3) is 11.2 Å². The lowest BCUT2D eigenvalue weighted by Gasteiger charge is -2.27. The molecule has 1 fully saturated rings. The number of nitrogens with two attached hydrogens (primary N) is 2. The minimum atomic E-state index is -4.04. The summed E-state index contributed by atoms with van der Waals surface area (Å²) >= 11 is 1.05. The Labute approximate surface area is 205 Å². The first-order chi connectivity index (χ1) is 16.2. The average Bonchev–Trinajstić information content (AvgIpc) is 3.28. The highest BCUT2D eigenvalue weighted by Gasteiger charge is 2.54. The number of aromatic nitrogens is 4. The second kappa shape index (κ2) is 10.3. The van der Waals surface area contributed by atoms with Gasteiger partial charge in [0.1, 0.15) is 17.8 Å². The number of rotatable bonds is 10. The number of ether oxygens (including phenoxy) is 1. The monoisotopic (exact) mass is 534 g/mol. The number of nitrogens with zero attached hydrogens (tertiary/aromatic N) is 3. The van der Waals surface area contributed by atoms with E-state index in [-0.39, 0.29) is 34.6 Å². The van der Waals surface area contributed by atoms with E-state index < -0.39 is 49.4 Å². The Balaban J connectivity index is 1.61. The fraction of sp³-hybridized carbons (Fsp3) is 0.684. The molecule has 14 nitrogen and oxygen atoms in total. The highest BCUT2D eigenvalue weighted by Crippen LogP contribution is 2.43. The summed E-state index contributed by atoms with van der Waals surface area (Å²) in [7, 11) is -4.04. The second-order valence-corrected chi connectivity index (χ2v) is 11.7. The Morgan fingerprint density at radius 3 is 2.80 bits per heavy atom. The van der Waals surface area contributed by atoms with Gasteiger partial charge in [-0.25, -0.2) is 15.1 Å². The number of H-pyrrole nitrogens is 1. The average molecular weight is 535 g/mol. The van der Waals surface area contributed by atoms with Crippen molar-refractivity contribution in [2.24, 2.45) is 10.9 Å². The zero-order valence-electron chi connectivity index (χ0n) is 19.8. The first-order valence-corrected chi connectivity index (χ1v) is 13.4. The van der Waals surface area contributed by atoms with E-state index in [1.54, 1.807) is 0 Å². The quantitative estimate of drug-likeness (QED) is 0.207. The van der Waals surface area contributed by atoms with Gasteiger partial charge in [0.25, 0.3) is 5.56 Å². The Bertz CT molecular complexity index is 1180. The lowest BCUT2D eigenvalue weighted by molar-refractivity contribution is -0.118. The summed E-state index contributed by atoms with van der Waals surface area (Å²) in [4.78, 5) is 34.5. The van der Waals surface area contributed by atoms with Crippen LogP contribution in [0, 0.1) is 5.41 Å². The van der Waals surface area contributed by atoms with E-state index in [9.17, 15) is 24.4 Å². The van der Waals surface area contributed by atoms with Gasteiger partial charge in [-0.05, 0) is 13.3 Å². The Morgan fingerprint density at radius 1 is 1.46 bits per heavy atom. The largest absolute Gasteiger partial charge is 0.402 e. The molecule has 3 rings (SSSR count). The normalized spacial score (nSPS) is 26.8. The number of aromatic amines is 1. The molecule has 2 aromatic heterocycles. The van der Waals surface area contributed by atoms with Crippen LogP contribution in [-0.4, -0.2) is 71.6 Å². The third kappa shape index (κ3) is 5.94. The van der Waals surface area contributed by atoms with Crippen molar-refractivity contribution >= 4 is 41.7 Å². The van der Waals surface area contributed by atoms with Crippen LogP contribution in [0.4, 0.5) is 5.95 Å². The minimum Gasteiger partial charge on any atom is -0.387 e. The highest BCUT2D eigenvalue weighted by molar-refractivity contribution is 8.13. The second-order valence-electron chi connectivity index (χ2n) is 9.01. The summed E-state index contributed by atoms with van der Waals surface area (Å²) in [5.41, 5.74) is 8.29. The van der Waals surface area contributed by atoms with Crippen LogP contribution in [-0.2, 0) is 23.1 Å². The molecule has 196 valence electrons. The number of hydrogen-bond donors (Lipinski definition) is 5. The Hall–Kier alpha value is -1.84. The van der Waals surface area contributed by atoms with E-state index in [0.29, 0.717) is 6.42 Å². The number of anilines is 1. The lowest BCUT2D eigenvalue weighted by atomic mass is 9.92. The molecule has 0 bridgehead atoms. The molecule has 7 N–H and O–H groups in total. The maximum absolute atomic E-state index is 12.5. The highest BCUT2D eigenvalue weighted by atomic mass is 32.2. The van der Waals surface area contributed by atoms with Crippen LogP contribution < -0.4 is 16.8 Å². The minimum absolute atomic E-state index is 0.0163. The van der Waals surface area contributed by atoms with Gasteiger partial charge < -0.3 is 20.7 Å². The molecule has 1 aliphatic rings. The summed E-state index contributed by atoms with van der Waals surface area (Å²) in [6.07, 6.45) is -1.98. The predicted octanol–water partition coefficient (Wildman–Crippen LogP) is 0.507. The number of carbonyl (C=O) groups excluding carboxylic acids is 1. The van der Waals surface area contributed by atoms with Gasteiger partial charge in [-0.3, -0.25) is 28.2 Å². The summed E-state index contributed by atoms with van der Waals surface area (Å²) in [6.45, 7) is 6.34. The number of aliphatic hydroxyl groups excluding tert-OH is 1. The van der Waals surface area contributed by atoms with Crippen LogP contribution in [0.3, 0.4) is 0 Å². The number of hydrogen-bond acceptors (Lipinski definition) is 12. The SMILES string of the molecule is CCC(C)(C)C(=O)SCCOP(N)(=O)OC[C@H]1O[C@@H](n2cnc3c(=O)[nH]c(N)nc32)C(C)(O)[C@H]1O. The third-order valence-electron chi connectivity index (χ3n) is 5.90. The Kier molecular flexibility index (Phi) is 8.13. The summed E-state index contributed by atoms with van der Waals surface area (Å²) in [5.74, 6) is 0.0661. The van der Waals surface area contributed by atoms with Crippen LogP contribution >= 0.6 is 19.5 Å². The van der Waals surface area contributed by atoms with Gasteiger partial charge in [0.05, 0.1) is 19.5 Å². The zero-order chi connectivity index (χ0) is 26.2. The molecule has 0 saturated carbocycles. The molecule has 16 heteroatoms. The molecule has 1 aliphatic heterocycles. The standard InChI is InChI=1S/C19H31N6O8PS/c1-5-18(2,3)16(28)35-7-6-31-34(21,30)32-8-10-12(26)19(4,29)15(33-10)25-9-22-11-13(25)23-17(20)24-14(11)27/h9-10,12,15,26,29H,5-8H2,1-4H3,(H2,21,30)(H3,20,23,24,27)/t10-,12+,15-,19?,34?/m1/s1. The number of nitrogen functional groups attached to an aromatic ring is 1. The van der Waals surface area contributed by atoms with Crippen molar-refractivity contribution in [3.63, 3.8) is 0 Å². The summed E-state index contributed by atoms with van der Waals surface area (Å²) in [6, 6.07) is 0.